The van der Waals surface area contributed by atoms with Crippen molar-refractivity contribution in [3.05, 3.63) is 59.4 Å². The smallest absolute Gasteiger partial charge is 0.248 e. The van der Waals surface area contributed by atoms with E-state index < -0.39 is 11.8 Å². The zero-order valence-corrected chi connectivity index (χ0v) is 15.7. The molecule has 1 heterocycles. The summed E-state index contributed by atoms with van der Waals surface area (Å²) in [6, 6.07) is 9.57. The van der Waals surface area contributed by atoms with E-state index in [9.17, 15) is 8.78 Å². The lowest BCUT2D eigenvalue weighted by atomic mass is 9.79. The van der Waals surface area contributed by atoms with Gasteiger partial charge in [0.1, 0.15) is 5.75 Å². The second-order valence-corrected chi connectivity index (χ2v) is 7.09. The van der Waals surface area contributed by atoms with Gasteiger partial charge in [-0.05, 0) is 61.8 Å². The summed E-state index contributed by atoms with van der Waals surface area (Å²) in [6.07, 6.45) is 7.70. The Bertz CT molecular complexity index is 799. The van der Waals surface area contributed by atoms with Crippen molar-refractivity contribution in [1.82, 2.24) is 4.98 Å². The SMILES string of the molecule is CCCCOc1ccc(C2CCC(C#Cc3cnc(F)c(F)c3)CC2)cc1. The maximum Gasteiger partial charge on any atom is 0.248 e. The third-order valence-electron chi connectivity index (χ3n) is 5.06. The van der Waals surface area contributed by atoms with Gasteiger partial charge in [0.05, 0.1) is 6.61 Å². The quantitative estimate of drug-likeness (QED) is 0.374. The first kappa shape index (κ1) is 19.4. The molecule has 1 aliphatic rings. The van der Waals surface area contributed by atoms with E-state index in [0.29, 0.717) is 17.4 Å². The molecule has 142 valence electrons. The molecule has 0 amide bonds. The van der Waals surface area contributed by atoms with Crippen LogP contribution in [0.5, 0.6) is 5.75 Å². The number of halogens is 2. The fourth-order valence-corrected chi connectivity index (χ4v) is 3.42. The number of rotatable bonds is 5. The average molecular weight is 369 g/mol. The van der Waals surface area contributed by atoms with Crippen LogP contribution in [0, 0.1) is 29.5 Å². The number of ether oxygens (including phenoxy) is 1. The second-order valence-electron chi connectivity index (χ2n) is 7.09. The molecular formula is C23H25F2NO. The molecule has 0 atom stereocenters. The zero-order chi connectivity index (χ0) is 19.1. The molecule has 1 aliphatic carbocycles. The highest BCUT2D eigenvalue weighted by Crippen LogP contribution is 2.36. The summed E-state index contributed by atoms with van der Waals surface area (Å²) in [4.78, 5) is 3.37. The van der Waals surface area contributed by atoms with Crippen LogP contribution < -0.4 is 4.74 Å². The molecule has 1 fully saturated rings. The molecule has 0 saturated heterocycles. The maximum absolute atomic E-state index is 13.2. The lowest BCUT2D eigenvalue weighted by Gasteiger charge is -2.26. The van der Waals surface area contributed by atoms with Gasteiger partial charge in [-0.25, -0.2) is 9.37 Å². The van der Waals surface area contributed by atoms with Crippen LogP contribution in [0.1, 0.15) is 62.5 Å². The largest absolute Gasteiger partial charge is 0.494 e. The first-order valence-electron chi connectivity index (χ1n) is 9.71. The Morgan fingerprint density at radius 3 is 2.52 bits per heavy atom. The third-order valence-corrected chi connectivity index (χ3v) is 5.06. The Hall–Kier alpha value is -2.41. The molecule has 0 unspecified atom stereocenters. The molecule has 3 rings (SSSR count). The molecular weight excluding hydrogens is 344 g/mol. The van der Waals surface area contributed by atoms with E-state index in [1.165, 1.54) is 11.8 Å². The van der Waals surface area contributed by atoms with Crippen molar-refractivity contribution < 1.29 is 13.5 Å². The Morgan fingerprint density at radius 1 is 1.11 bits per heavy atom. The van der Waals surface area contributed by atoms with E-state index in [1.54, 1.807) is 0 Å². The van der Waals surface area contributed by atoms with Crippen LogP contribution in [0.3, 0.4) is 0 Å². The summed E-state index contributed by atoms with van der Waals surface area (Å²) in [7, 11) is 0. The fraction of sp³-hybridized carbons (Fsp3) is 0.435. The first-order valence-corrected chi connectivity index (χ1v) is 9.71. The summed E-state index contributed by atoms with van der Waals surface area (Å²) in [6.45, 7) is 2.93. The Labute approximate surface area is 160 Å². The van der Waals surface area contributed by atoms with Crippen molar-refractivity contribution in [2.75, 3.05) is 6.61 Å². The molecule has 0 bridgehead atoms. The number of nitrogens with zero attached hydrogens (tertiary/aromatic N) is 1. The Morgan fingerprint density at radius 2 is 1.85 bits per heavy atom. The molecule has 2 aromatic rings. The van der Waals surface area contributed by atoms with E-state index in [-0.39, 0.29) is 0 Å². The lowest BCUT2D eigenvalue weighted by molar-refractivity contribution is 0.309. The molecule has 2 nitrogen and oxygen atoms in total. The highest BCUT2D eigenvalue weighted by atomic mass is 19.2. The lowest BCUT2D eigenvalue weighted by Crippen LogP contribution is -2.12. The molecule has 4 heteroatoms. The summed E-state index contributed by atoms with van der Waals surface area (Å²) in [5.74, 6) is 5.88. The topological polar surface area (TPSA) is 22.1 Å². The van der Waals surface area contributed by atoms with E-state index >= 15 is 0 Å². The van der Waals surface area contributed by atoms with Gasteiger partial charge in [0.25, 0.3) is 0 Å². The highest BCUT2D eigenvalue weighted by molar-refractivity contribution is 5.33. The van der Waals surface area contributed by atoms with Gasteiger partial charge in [0.15, 0.2) is 5.82 Å². The van der Waals surface area contributed by atoms with Crippen molar-refractivity contribution in [3.8, 4) is 17.6 Å². The van der Waals surface area contributed by atoms with Crippen molar-refractivity contribution in [3.63, 3.8) is 0 Å². The highest BCUT2D eigenvalue weighted by Gasteiger charge is 2.21. The molecule has 1 saturated carbocycles. The van der Waals surface area contributed by atoms with Crippen molar-refractivity contribution in [2.24, 2.45) is 5.92 Å². The number of pyridine rings is 1. The van der Waals surface area contributed by atoms with Crippen molar-refractivity contribution >= 4 is 0 Å². The van der Waals surface area contributed by atoms with Crippen LogP contribution in [0.15, 0.2) is 36.5 Å². The van der Waals surface area contributed by atoms with Crippen LogP contribution in [0.2, 0.25) is 0 Å². The van der Waals surface area contributed by atoms with E-state index in [0.717, 1.165) is 56.9 Å². The molecule has 1 aromatic heterocycles. The summed E-state index contributed by atoms with van der Waals surface area (Å²) < 4.78 is 31.8. The minimum Gasteiger partial charge on any atom is -0.494 e. The van der Waals surface area contributed by atoms with E-state index in [1.807, 2.05) is 0 Å². The van der Waals surface area contributed by atoms with E-state index in [2.05, 4.69) is 48.0 Å². The number of benzene rings is 1. The summed E-state index contributed by atoms with van der Waals surface area (Å²) in [5.41, 5.74) is 1.78. The second kappa shape index (κ2) is 9.50. The summed E-state index contributed by atoms with van der Waals surface area (Å²) >= 11 is 0. The van der Waals surface area contributed by atoms with Gasteiger partial charge in [-0.15, -0.1) is 0 Å². The number of aromatic nitrogens is 1. The van der Waals surface area contributed by atoms with Crippen molar-refractivity contribution in [2.45, 2.75) is 51.4 Å². The normalized spacial score (nSPS) is 19.2. The fourth-order valence-electron chi connectivity index (χ4n) is 3.42. The van der Waals surface area contributed by atoms with Crippen LogP contribution in [-0.4, -0.2) is 11.6 Å². The van der Waals surface area contributed by atoms with Gasteiger partial charge in [-0.3, -0.25) is 0 Å². The Balaban J connectivity index is 1.51. The van der Waals surface area contributed by atoms with Gasteiger partial charge in [-0.1, -0.05) is 37.3 Å². The van der Waals surface area contributed by atoms with Gasteiger partial charge >= 0.3 is 0 Å². The standard InChI is InChI=1S/C23H25F2NO/c1-2-3-14-27-21-12-10-20(11-13-21)19-8-6-17(7-9-19)4-5-18-15-22(24)23(25)26-16-18/h10-13,15-17,19H,2-3,6-9,14H2,1H3. The van der Waals surface area contributed by atoms with Gasteiger partial charge in [0.2, 0.25) is 5.95 Å². The molecule has 0 aliphatic heterocycles. The minimum atomic E-state index is -1.08. The first-order chi connectivity index (χ1) is 13.2. The molecule has 1 aromatic carbocycles. The Kier molecular flexibility index (Phi) is 6.81. The molecule has 0 N–H and O–H groups in total. The predicted molar refractivity (Wildman–Crippen MR) is 103 cm³/mol. The van der Waals surface area contributed by atoms with Gasteiger partial charge in [-0.2, -0.15) is 4.39 Å². The summed E-state index contributed by atoms with van der Waals surface area (Å²) in [5, 5.41) is 0. The third kappa shape index (κ3) is 5.53. The van der Waals surface area contributed by atoms with Crippen LogP contribution in [-0.2, 0) is 0 Å². The van der Waals surface area contributed by atoms with Gasteiger partial charge < -0.3 is 4.74 Å². The van der Waals surface area contributed by atoms with Crippen LogP contribution in [0.4, 0.5) is 8.78 Å². The van der Waals surface area contributed by atoms with Crippen LogP contribution in [0.25, 0.3) is 0 Å². The number of hydrogen-bond donors (Lipinski definition) is 0. The minimum absolute atomic E-state index is 0.297. The number of unbranched alkanes of at least 4 members (excludes halogenated alkanes) is 1. The monoisotopic (exact) mass is 369 g/mol. The maximum atomic E-state index is 13.2. The van der Waals surface area contributed by atoms with Gasteiger partial charge in [0, 0.05) is 17.7 Å². The zero-order valence-electron chi connectivity index (χ0n) is 15.7. The molecule has 0 spiro atoms. The van der Waals surface area contributed by atoms with Crippen molar-refractivity contribution in [1.29, 1.82) is 0 Å². The molecule has 0 radical (unpaired) electrons. The van der Waals surface area contributed by atoms with Crippen LogP contribution >= 0.6 is 0 Å². The van der Waals surface area contributed by atoms with E-state index in [4.69, 9.17) is 4.74 Å². The molecule has 27 heavy (non-hydrogen) atoms. The number of hydrogen-bond acceptors (Lipinski definition) is 2. The predicted octanol–water partition coefficient (Wildman–Crippen LogP) is 5.86. The average Bonchev–Trinajstić information content (AvgIpc) is 2.70.